The predicted molar refractivity (Wildman–Crippen MR) is 80.7 cm³/mol. The Hall–Kier alpha value is -1.11. The quantitative estimate of drug-likeness (QED) is 0.602. The van der Waals surface area contributed by atoms with Crippen molar-refractivity contribution in [3.05, 3.63) is 35.4 Å². The van der Waals surface area contributed by atoms with E-state index in [4.69, 9.17) is 0 Å². The first-order valence-electron chi connectivity index (χ1n) is 7.90. The van der Waals surface area contributed by atoms with E-state index in [0.29, 0.717) is 11.7 Å². The summed E-state index contributed by atoms with van der Waals surface area (Å²) in [6, 6.07) is 8.40. The second-order valence-electron chi connectivity index (χ2n) is 5.86. The van der Waals surface area contributed by atoms with Gasteiger partial charge in [-0.3, -0.25) is 4.79 Å². The van der Waals surface area contributed by atoms with Gasteiger partial charge in [-0.25, -0.2) is 0 Å². The molecule has 0 spiro atoms. The number of carbonyl (C=O) groups excluding carboxylic acids is 1. The summed E-state index contributed by atoms with van der Waals surface area (Å²) in [4.78, 5) is 12.6. The first-order chi connectivity index (χ1) is 9.26. The van der Waals surface area contributed by atoms with Crippen LogP contribution in [0.1, 0.15) is 80.6 Å². The number of rotatable bonds is 7. The number of benzene rings is 1. The van der Waals surface area contributed by atoms with Crippen LogP contribution in [0.2, 0.25) is 0 Å². The van der Waals surface area contributed by atoms with Crippen molar-refractivity contribution in [2.75, 3.05) is 0 Å². The molecule has 1 aliphatic rings. The Morgan fingerprint density at radius 1 is 1.32 bits per heavy atom. The molecule has 1 aromatic carbocycles. The Morgan fingerprint density at radius 2 is 2.11 bits per heavy atom. The van der Waals surface area contributed by atoms with Gasteiger partial charge in [0.2, 0.25) is 0 Å². The molecule has 1 aromatic rings. The maximum Gasteiger partial charge on any atom is 0.165 e. The van der Waals surface area contributed by atoms with Crippen LogP contribution in [-0.2, 0) is 0 Å². The van der Waals surface area contributed by atoms with Gasteiger partial charge in [0.1, 0.15) is 0 Å². The number of Topliss-reactive ketones (excluding diaryl/α,β-unsaturated/α-hetero) is 1. The minimum Gasteiger partial charge on any atom is -0.294 e. The van der Waals surface area contributed by atoms with Crippen LogP contribution in [-0.4, -0.2) is 5.78 Å². The second kappa shape index (κ2) is 6.88. The molecule has 1 atom stereocenters. The van der Waals surface area contributed by atoms with E-state index >= 15 is 0 Å². The summed E-state index contributed by atoms with van der Waals surface area (Å²) >= 11 is 0. The molecule has 0 heterocycles. The topological polar surface area (TPSA) is 17.1 Å². The van der Waals surface area contributed by atoms with Crippen LogP contribution in [0.25, 0.3) is 0 Å². The zero-order valence-corrected chi connectivity index (χ0v) is 12.3. The van der Waals surface area contributed by atoms with E-state index < -0.39 is 0 Å². The molecule has 1 fully saturated rings. The van der Waals surface area contributed by atoms with Crippen molar-refractivity contribution in [1.29, 1.82) is 0 Å². The number of carbonyl (C=O) groups is 1. The highest BCUT2D eigenvalue weighted by molar-refractivity contribution is 5.98. The molecule has 1 saturated carbocycles. The fourth-order valence-corrected chi connectivity index (χ4v) is 2.89. The highest BCUT2D eigenvalue weighted by Crippen LogP contribution is 2.36. The smallest absolute Gasteiger partial charge is 0.165 e. The SMILES string of the molecule is CCCCC(CC)C(=O)c1cccc(C2CCC2)c1. The van der Waals surface area contributed by atoms with Gasteiger partial charge in [-0.2, -0.15) is 0 Å². The Bertz CT molecular complexity index is 417. The lowest BCUT2D eigenvalue weighted by Crippen LogP contribution is -2.15. The molecule has 0 radical (unpaired) electrons. The summed E-state index contributed by atoms with van der Waals surface area (Å²) in [6.45, 7) is 4.32. The molecule has 0 aromatic heterocycles. The third kappa shape index (κ3) is 3.46. The number of ketones is 1. The van der Waals surface area contributed by atoms with Gasteiger partial charge >= 0.3 is 0 Å². The van der Waals surface area contributed by atoms with Crippen molar-refractivity contribution in [2.45, 2.75) is 64.7 Å². The van der Waals surface area contributed by atoms with E-state index in [1.807, 2.05) is 6.07 Å². The molecule has 0 amide bonds. The summed E-state index contributed by atoms with van der Waals surface area (Å²) in [5, 5.41) is 0. The van der Waals surface area contributed by atoms with Crippen molar-refractivity contribution in [1.82, 2.24) is 0 Å². The monoisotopic (exact) mass is 258 g/mol. The molecule has 1 aliphatic carbocycles. The molecule has 0 aliphatic heterocycles. The highest BCUT2D eigenvalue weighted by atomic mass is 16.1. The number of unbranched alkanes of at least 4 members (excludes halogenated alkanes) is 1. The number of hydrogen-bond donors (Lipinski definition) is 0. The average molecular weight is 258 g/mol. The molecule has 2 rings (SSSR count). The van der Waals surface area contributed by atoms with Crippen molar-refractivity contribution in [3.8, 4) is 0 Å². The highest BCUT2D eigenvalue weighted by Gasteiger charge is 2.22. The lowest BCUT2D eigenvalue weighted by Gasteiger charge is -2.26. The Balaban J connectivity index is 2.08. The van der Waals surface area contributed by atoms with Gasteiger partial charge in [0.05, 0.1) is 0 Å². The van der Waals surface area contributed by atoms with E-state index in [0.717, 1.165) is 24.8 Å². The standard InChI is InChI=1S/C18H26O/c1-3-5-8-14(4-2)18(19)17-12-7-11-16(13-17)15-9-6-10-15/h7,11-15H,3-6,8-10H2,1-2H3. The summed E-state index contributed by atoms with van der Waals surface area (Å²) in [5.74, 6) is 1.29. The molecule has 1 unspecified atom stereocenters. The zero-order valence-electron chi connectivity index (χ0n) is 12.3. The van der Waals surface area contributed by atoms with E-state index in [2.05, 4.69) is 32.0 Å². The molecule has 1 nitrogen and oxygen atoms in total. The first-order valence-corrected chi connectivity index (χ1v) is 7.90. The van der Waals surface area contributed by atoms with Gasteiger partial charge in [-0.15, -0.1) is 0 Å². The van der Waals surface area contributed by atoms with Crippen LogP contribution in [0.3, 0.4) is 0 Å². The molecule has 104 valence electrons. The Kier molecular flexibility index (Phi) is 5.18. The molecular formula is C18H26O. The molecule has 19 heavy (non-hydrogen) atoms. The van der Waals surface area contributed by atoms with Crippen LogP contribution in [0.5, 0.6) is 0 Å². The van der Waals surface area contributed by atoms with Crippen molar-refractivity contribution < 1.29 is 4.79 Å². The van der Waals surface area contributed by atoms with Gasteiger partial charge in [0.25, 0.3) is 0 Å². The summed E-state index contributed by atoms with van der Waals surface area (Å²) in [7, 11) is 0. The van der Waals surface area contributed by atoms with Gasteiger partial charge in [0, 0.05) is 11.5 Å². The average Bonchev–Trinajstić information content (AvgIpc) is 2.38. The normalized spacial score (nSPS) is 16.9. The summed E-state index contributed by atoms with van der Waals surface area (Å²) < 4.78 is 0. The van der Waals surface area contributed by atoms with Crippen LogP contribution < -0.4 is 0 Å². The summed E-state index contributed by atoms with van der Waals surface area (Å²) in [6.07, 6.45) is 8.27. The summed E-state index contributed by atoms with van der Waals surface area (Å²) in [5.41, 5.74) is 2.31. The maximum atomic E-state index is 12.6. The van der Waals surface area contributed by atoms with Gasteiger partial charge in [-0.1, -0.05) is 51.3 Å². The largest absolute Gasteiger partial charge is 0.294 e. The fraction of sp³-hybridized carbons (Fsp3) is 0.611. The van der Waals surface area contributed by atoms with Crippen molar-refractivity contribution >= 4 is 5.78 Å². The maximum absolute atomic E-state index is 12.6. The zero-order chi connectivity index (χ0) is 13.7. The van der Waals surface area contributed by atoms with Crippen LogP contribution >= 0.6 is 0 Å². The molecule has 0 saturated heterocycles. The number of hydrogen-bond acceptors (Lipinski definition) is 1. The fourth-order valence-electron chi connectivity index (χ4n) is 2.89. The first kappa shape index (κ1) is 14.3. The Labute approximate surface area is 117 Å². The Morgan fingerprint density at radius 3 is 2.68 bits per heavy atom. The van der Waals surface area contributed by atoms with Crippen LogP contribution in [0, 0.1) is 5.92 Å². The second-order valence-corrected chi connectivity index (χ2v) is 5.86. The lowest BCUT2D eigenvalue weighted by molar-refractivity contribution is 0.0908. The van der Waals surface area contributed by atoms with Crippen LogP contribution in [0.15, 0.2) is 24.3 Å². The molecular weight excluding hydrogens is 232 g/mol. The van der Waals surface area contributed by atoms with Crippen molar-refractivity contribution in [2.24, 2.45) is 5.92 Å². The minimum atomic E-state index is 0.219. The minimum absolute atomic E-state index is 0.219. The van der Waals surface area contributed by atoms with Crippen molar-refractivity contribution in [3.63, 3.8) is 0 Å². The van der Waals surface area contributed by atoms with E-state index in [1.54, 1.807) is 0 Å². The molecule has 0 N–H and O–H groups in total. The third-order valence-electron chi connectivity index (χ3n) is 4.52. The van der Waals surface area contributed by atoms with Gasteiger partial charge in [0.15, 0.2) is 5.78 Å². The third-order valence-corrected chi connectivity index (χ3v) is 4.52. The van der Waals surface area contributed by atoms with E-state index in [9.17, 15) is 4.79 Å². The predicted octanol–water partition coefficient (Wildman–Crippen LogP) is 5.35. The van der Waals surface area contributed by atoms with E-state index in [1.165, 1.54) is 31.2 Å². The molecule has 0 bridgehead atoms. The van der Waals surface area contributed by atoms with Gasteiger partial charge < -0.3 is 0 Å². The lowest BCUT2D eigenvalue weighted by atomic mass is 9.79. The van der Waals surface area contributed by atoms with Crippen LogP contribution in [0.4, 0.5) is 0 Å². The van der Waals surface area contributed by atoms with E-state index in [-0.39, 0.29) is 5.92 Å². The molecule has 1 heteroatoms. The van der Waals surface area contributed by atoms with Gasteiger partial charge in [-0.05, 0) is 43.2 Å².